The molecule has 12 heteroatoms. The van der Waals surface area contributed by atoms with Crippen LogP contribution in [0.1, 0.15) is 29.8 Å². The molecule has 9 nitrogen and oxygen atoms in total. The van der Waals surface area contributed by atoms with E-state index >= 15 is 0 Å². The summed E-state index contributed by atoms with van der Waals surface area (Å²) in [7, 11) is 2.10. The Hall–Kier alpha value is -3.53. The summed E-state index contributed by atoms with van der Waals surface area (Å²) in [6, 6.07) is 7.18. The second-order valence-electron chi connectivity index (χ2n) is 11.0. The molecule has 234 valence electrons. The molecule has 0 saturated carbocycles. The van der Waals surface area contributed by atoms with Crippen LogP contribution in [0.4, 0.5) is 18.9 Å². The number of alkyl halides is 3. The molecule has 1 amide bonds. The van der Waals surface area contributed by atoms with Crippen molar-refractivity contribution in [2.45, 2.75) is 52.0 Å². The number of carbonyl (C=O) groups is 1. The maximum atomic E-state index is 13.5. The Bertz CT molecular complexity index is 1390. The Kier molecular flexibility index (Phi) is 11.5. The minimum Gasteiger partial charge on any atom is -0.381 e. The molecule has 0 radical (unpaired) electrons. The van der Waals surface area contributed by atoms with E-state index in [2.05, 4.69) is 39.5 Å². The van der Waals surface area contributed by atoms with Crippen LogP contribution in [0.25, 0.3) is 10.9 Å². The molecule has 2 unspecified atom stereocenters. The summed E-state index contributed by atoms with van der Waals surface area (Å²) in [5.41, 5.74) is 3.68. The van der Waals surface area contributed by atoms with Crippen molar-refractivity contribution in [3.05, 3.63) is 47.4 Å². The van der Waals surface area contributed by atoms with Crippen molar-refractivity contribution in [2.75, 3.05) is 58.4 Å². The Morgan fingerprint density at radius 1 is 1.16 bits per heavy atom. The number of anilines is 1. The fourth-order valence-corrected chi connectivity index (χ4v) is 5.43. The first-order valence-electron chi connectivity index (χ1n) is 14.6. The minimum absolute atomic E-state index is 0.0539. The number of benzene rings is 1. The molecule has 1 aliphatic heterocycles. The van der Waals surface area contributed by atoms with E-state index in [-0.39, 0.29) is 18.3 Å². The number of nitrogens with one attached hydrogen (secondary N) is 2. The van der Waals surface area contributed by atoms with Crippen LogP contribution in [0, 0.1) is 31.6 Å². The summed E-state index contributed by atoms with van der Waals surface area (Å²) in [5, 5.41) is 11.2. The van der Waals surface area contributed by atoms with Crippen LogP contribution in [-0.4, -0.2) is 91.0 Å². The van der Waals surface area contributed by atoms with Gasteiger partial charge >= 0.3 is 6.18 Å². The number of hydrogen-bond donors (Lipinski definition) is 2. The molecule has 0 aliphatic carbocycles. The van der Waals surface area contributed by atoms with Crippen molar-refractivity contribution in [2.24, 2.45) is 5.92 Å². The lowest BCUT2D eigenvalue weighted by atomic mass is 9.89. The highest BCUT2D eigenvalue weighted by atomic mass is 19.4. The smallest absolute Gasteiger partial charge is 0.381 e. The van der Waals surface area contributed by atoms with Crippen LogP contribution in [0.3, 0.4) is 0 Å². The summed E-state index contributed by atoms with van der Waals surface area (Å²) >= 11 is 0. The van der Waals surface area contributed by atoms with Crippen molar-refractivity contribution < 1.29 is 27.4 Å². The predicted molar refractivity (Wildman–Crippen MR) is 160 cm³/mol. The first-order chi connectivity index (χ1) is 20.6. The summed E-state index contributed by atoms with van der Waals surface area (Å²) in [6.07, 6.45) is -0.138. The Morgan fingerprint density at radius 2 is 1.95 bits per heavy atom. The molecule has 3 aromatic rings. The van der Waals surface area contributed by atoms with Gasteiger partial charge in [-0.1, -0.05) is 12.0 Å². The van der Waals surface area contributed by atoms with Crippen molar-refractivity contribution in [3.63, 3.8) is 0 Å². The molecule has 1 aromatic carbocycles. The van der Waals surface area contributed by atoms with Gasteiger partial charge in [0.1, 0.15) is 6.54 Å². The molecule has 2 atom stereocenters. The first kappa shape index (κ1) is 32.4. The topological polar surface area (TPSA) is 85.6 Å². The minimum atomic E-state index is -4.41. The molecular weight excluding hydrogens is 561 g/mol. The lowest BCUT2D eigenvalue weighted by molar-refractivity contribution is -0.140. The average Bonchev–Trinajstić information content (AvgIpc) is 3.47. The summed E-state index contributed by atoms with van der Waals surface area (Å²) in [5.74, 6) is 5.82. The van der Waals surface area contributed by atoms with Gasteiger partial charge in [-0.3, -0.25) is 9.48 Å². The quantitative estimate of drug-likeness (QED) is 0.165. The van der Waals surface area contributed by atoms with E-state index in [1.165, 1.54) is 10.1 Å². The SMILES string of the molecule is Cc1cn(CCOCCOCCC2CN(C)CCC2Nc2cccc3c2cc(C#CCNC=O)n3CC(F)(F)F)nc1C. The fourth-order valence-electron chi connectivity index (χ4n) is 5.43. The number of halogens is 3. The highest BCUT2D eigenvalue weighted by Crippen LogP contribution is 2.32. The Balaban J connectivity index is 1.35. The van der Waals surface area contributed by atoms with Gasteiger partial charge in [-0.2, -0.15) is 18.3 Å². The maximum absolute atomic E-state index is 13.5. The van der Waals surface area contributed by atoms with Crippen molar-refractivity contribution in [1.82, 2.24) is 24.6 Å². The second-order valence-corrected chi connectivity index (χ2v) is 11.0. The van der Waals surface area contributed by atoms with E-state index in [9.17, 15) is 18.0 Å². The van der Waals surface area contributed by atoms with E-state index < -0.39 is 12.7 Å². The van der Waals surface area contributed by atoms with Gasteiger partial charge in [0.2, 0.25) is 6.41 Å². The molecule has 0 spiro atoms. The maximum Gasteiger partial charge on any atom is 0.406 e. The lowest BCUT2D eigenvalue weighted by Gasteiger charge is -2.38. The molecule has 1 fully saturated rings. The van der Waals surface area contributed by atoms with Crippen molar-refractivity contribution >= 4 is 23.0 Å². The number of carbonyl (C=O) groups excluding carboxylic acids is 1. The number of fused-ring (bicyclic) bond motifs is 1. The molecule has 0 bridgehead atoms. The van der Waals surface area contributed by atoms with Crippen molar-refractivity contribution in [1.29, 1.82) is 0 Å². The van der Waals surface area contributed by atoms with E-state index in [0.717, 1.165) is 37.3 Å². The van der Waals surface area contributed by atoms with Crippen LogP contribution in [0.2, 0.25) is 0 Å². The molecular formula is C31H41F3N6O3. The number of nitrogens with zero attached hydrogens (tertiary/aromatic N) is 4. The highest BCUT2D eigenvalue weighted by Gasteiger charge is 2.31. The number of rotatable bonds is 14. The standard InChI is InChI=1S/C31H41F3N6O3/c1-23-19-39(37-24(23)2)13-15-43-17-16-42-14-10-25-20-38(3)12-9-28(25)36-29-7-4-8-30-27(29)18-26(6-5-11-35-22-41)40(30)21-31(32,33)34/h4,7-8,18-19,22,25,28,36H,9-17,20-21H2,1-3H3,(H,35,41). The third kappa shape index (κ3) is 9.48. The number of aryl methyl sites for hydroxylation is 2. The van der Waals surface area contributed by atoms with Crippen LogP contribution in [0.15, 0.2) is 30.5 Å². The van der Waals surface area contributed by atoms with Gasteiger partial charge in [0.25, 0.3) is 0 Å². The van der Waals surface area contributed by atoms with Gasteiger partial charge < -0.3 is 29.6 Å². The monoisotopic (exact) mass is 602 g/mol. The van der Waals surface area contributed by atoms with E-state index in [1.807, 2.05) is 30.8 Å². The van der Waals surface area contributed by atoms with Gasteiger partial charge in [0, 0.05) is 36.5 Å². The molecule has 2 N–H and O–H groups in total. The van der Waals surface area contributed by atoms with Crippen LogP contribution >= 0.6 is 0 Å². The highest BCUT2D eigenvalue weighted by molar-refractivity contribution is 5.94. The number of piperidine rings is 1. The first-order valence-corrected chi connectivity index (χ1v) is 14.6. The summed E-state index contributed by atoms with van der Waals surface area (Å²) in [6.45, 7) is 7.64. The van der Waals surface area contributed by atoms with Crippen molar-refractivity contribution in [3.8, 4) is 11.8 Å². The zero-order valence-corrected chi connectivity index (χ0v) is 25.0. The molecule has 1 aliphatic rings. The molecule has 43 heavy (non-hydrogen) atoms. The third-order valence-electron chi connectivity index (χ3n) is 7.71. The number of hydrogen-bond acceptors (Lipinski definition) is 6. The molecule has 4 rings (SSSR count). The average molecular weight is 603 g/mol. The van der Waals surface area contributed by atoms with Gasteiger partial charge in [-0.25, -0.2) is 0 Å². The normalized spacial score (nSPS) is 17.5. The van der Waals surface area contributed by atoms with E-state index in [1.54, 1.807) is 18.2 Å². The fraction of sp³-hybridized carbons (Fsp3) is 0.548. The molecule has 2 aromatic heterocycles. The number of amides is 1. The van der Waals surface area contributed by atoms with Crippen LogP contribution in [-0.2, 0) is 27.4 Å². The summed E-state index contributed by atoms with van der Waals surface area (Å²) in [4.78, 5) is 12.8. The van der Waals surface area contributed by atoms with Gasteiger partial charge in [0.15, 0.2) is 0 Å². The van der Waals surface area contributed by atoms with Gasteiger partial charge in [0.05, 0.1) is 49.8 Å². The number of likely N-dealkylation sites (tertiary alicyclic amines) is 1. The zero-order chi connectivity index (χ0) is 30.8. The Morgan fingerprint density at radius 3 is 2.67 bits per heavy atom. The van der Waals surface area contributed by atoms with Crippen LogP contribution < -0.4 is 10.6 Å². The van der Waals surface area contributed by atoms with Gasteiger partial charge in [-0.05, 0) is 75.9 Å². The number of aromatic nitrogens is 3. The largest absolute Gasteiger partial charge is 0.406 e. The second kappa shape index (κ2) is 15.3. The number of ether oxygens (including phenoxy) is 2. The lowest BCUT2D eigenvalue weighted by Crippen LogP contribution is -2.45. The zero-order valence-electron chi connectivity index (χ0n) is 25.0. The molecule has 3 heterocycles. The summed E-state index contributed by atoms with van der Waals surface area (Å²) < 4.78 is 55.1. The third-order valence-corrected chi connectivity index (χ3v) is 7.71. The van der Waals surface area contributed by atoms with Gasteiger partial charge in [-0.15, -0.1) is 0 Å². The molecule has 1 saturated heterocycles. The predicted octanol–water partition coefficient (Wildman–Crippen LogP) is 3.97. The van der Waals surface area contributed by atoms with E-state index in [0.29, 0.717) is 56.2 Å². The van der Waals surface area contributed by atoms with Crippen LogP contribution in [0.5, 0.6) is 0 Å². The van der Waals surface area contributed by atoms with E-state index in [4.69, 9.17) is 9.47 Å². The Labute approximate surface area is 250 Å².